The molecule has 1 aromatic heterocycles. The second-order valence-electron chi connectivity index (χ2n) is 4.02. The van der Waals surface area contributed by atoms with E-state index in [-0.39, 0.29) is 5.78 Å². The minimum Gasteiger partial charge on any atom is -0.319 e. The smallest absolute Gasteiger partial charge is 0.192 e. The van der Waals surface area contributed by atoms with Crippen LogP contribution in [0.25, 0.3) is 0 Å². The number of nitrogens with two attached hydrogens (primary N) is 1. The molecule has 2 N–H and O–H groups in total. The lowest BCUT2D eigenvalue weighted by Crippen LogP contribution is -2.49. The highest BCUT2D eigenvalue weighted by molar-refractivity contribution is 7.12. The highest BCUT2D eigenvalue weighted by Crippen LogP contribution is 2.30. The number of rotatable bonds is 2. The summed E-state index contributed by atoms with van der Waals surface area (Å²) in [4.78, 5) is 12.9. The molecule has 0 aromatic carbocycles. The van der Waals surface area contributed by atoms with E-state index in [1.807, 2.05) is 17.5 Å². The SMILES string of the molecule is NC1(C(=O)c2cccs2)CCCCC1. The summed E-state index contributed by atoms with van der Waals surface area (Å²) in [7, 11) is 0. The van der Waals surface area contributed by atoms with Crippen molar-refractivity contribution in [1.29, 1.82) is 0 Å². The van der Waals surface area contributed by atoms with E-state index in [2.05, 4.69) is 0 Å². The third kappa shape index (κ3) is 1.74. The molecule has 0 saturated heterocycles. The summed E-state index contributed by atoms with van der Waals surface area (Å²) in [6, 6.07) is 3.78. The highest BCUT2D eigenvalue weighted by Gasteiger charge is 2.36. The van der Waals surface area contributed by atoms with Gasteiger partial charge in [0.15, 0.2) is 5.78 Å². The molecule has 1 aliphatic carbocycles. The normalized spacial score (nSPS) is 20.6. The Kier molecular flexibility index (Phi) is 2.70. The van der Waals surface area contributed by atoms with E-state index in [0.29, 0.717) is 0 Å². The molecule has 0 bridgehead atoms. The summed E-state index contributed by atoms with van der Waals surface area (Å²) in [6.45, 7) is 0. The van der Waals surface area contributed by atoms with Gasteiger partial charge in [-0.3, -0.25) is 4.79 Å². The van der Waals surface area contributed by atoms with Crippen molar-refractivity contribution >= 4 is 17.1 Å². The van der Waals surface area contributed by atoms with E-state index in [1.54, 1.807) is 0 Å². The molecule has 3 heteroatoms. The van der Waals surface area contributed by atoms with E-state index in [4.69, 9.17) is 5.73 Å². The zero-order valence-corrected chi connectivity index (χ0v) is 8.98. The molecule has 1 aliphatic rings. The molecule has 0 unspecified atom stereocenters. The van der Waals surface area contributed by atoms with Crippen molar-refractivity contribution in [3.8, 4) is 0 Å². The average molecular weight is 209 g/mol. The van der Waals surface area contributed by atoms with Gasteiger partial charge < -0.3 is 5.73 Å². The number of hydrogen-bond donors (Lipinski definition) is 1. The van der Waals surface area contributed by atoms with Gasteiger partial charge in [-0.15, -0.1) is 11.3 Å². The third-order valence-corrected chi connectivity index (χ3v) is 3.81. The minimum atomic E-state index is -0.566. The van der Waals surface area contributed by atoms with Crippen LogP contribution in [0.4, 0.5) is 0 Å². The number of carbonyl (C=O) groups is 1. The maximum atomic E-state index is 12.1. The number of ketones is 1. The van der Waals surface area contributed by atoms with Crippen LogP contribution in [0.3, 0.4) is 0 Å². The summed E-state index contributed by atoms with van der Waals surface area (Å²) in [6.07, 6.45) is 5.10. The van der Waals surface area contributed by atoms with Crippen molar-refractivity contribution < 1.29 is 4.79 Å². The molecule has 0 aliphatic heterocycles. The topological polar surface area (TPSA) is 43.1 Å². The highest BCUT2D eigenvalue weighted by atomic mass is 32.1. The van der Waals surface area contributed by atoms with E-state index in [9.17, 15) is 4.79 Å². The molecule has 0 atom stereocenters. The van der Waals surface area contributed by atoms with Crippen LogP contribution < -0.4 is 5.73 Å². The van der Waals surface area contributed by atoms with Crippen LogP contribution in [0.5, 0.6) is 0 Å². The standard InChI is InChI=1S/C11H15NOS/c12-11(6-2-1-3-7-11)10(13)9-5-4-8-14-9/h4-5,8H,1-3,6-7,12H2. The molecule has 0 radical (unpaired) electrons. The lowest BCUT2D eigenvalue weighted by atomic mass is 9.79. The van der Waals surface area contributed by atoms with E-state index >= 15 is 0 Å². The number of thiophene rings is 1. The Morgan fingerprint density at radius 1 is 1.36 bits per heavy atom. The molecule has 1 aromatic rings. The molecular formula is C11H15NOS. The molecule has 14 heavy (non-hydrogen) atoms. The second-order valence-corrected chi connectivity index (χ2v) is 4.97. The first-order valence-electron chi connectivity index (χ1n) is 5.10. The fourth-order valence-electron chi connectivity index (χ4n) is 2.06. The Balaban J connectivity index is 2.17. The Bertz CT molecular complexity index is 312. The first kappa shape index (κ1) is 9.87. The Hall–Kier alpha value is -0.670. The van der Waals surface area contributed by atoms with Crippen molar-refractivity contribution in [1.82, 2.24) is 0 Å². The van der Waals surface area contributed by atoms with Crippen LogP contribution in [-0.2, 0) is 0 Å². The van der Waals surface area contributed by atoms with Crippen molar-refractivity contribution in [2.45, 2.75) is 37.6 Å². The molecule has 76 valence electrons. The van der Waals surface area contributed by atoms with Gasteiger partial charge in [0.2, 0.25) is 0 Å². The van der Waals surface area contributed by atoms with Gasteiger partial charge >= 0.3 is 0 Å². The lowest BCUT2D eigenvalue weighted by Gasteiger charge is -2.31. The summed E-state index contributed by atoms with van der Waals surface area (Å²) in [5.74, 6) is 0.146. The fourth-order valence-corrected chi connectivity index (χ4v) is 2.83. The van der Waals surface area contributed by atoms with E-state index in [0.717, 1.165) is 30.6 Å². The summed E-state index contributed by atoms with van der Waals surface area (Å²) in [5.41, 5.74) is 5.58. The predicted molar refractivity (Wildman–Crippen MR) is 58.7 cm³/mol. The molecule has 0 spiro atoms. The first-order chi connectivity index (χ1) is 6.72. The maximum Gasteiger partial charge on any atom is 0.192 e. The van der Waals surface area contributed by atoms with Crippen molar-refractivity contribution in [2.24, 2.45) is 5.73 Å². The zero-order chi connectivity index (χ0) is 10.0. The van der Waals surface area contributed by atoms with Gasteiger partial charge in [0.05, 0.1) is 10.4 Å². The minimum absolute atomic E-state index is 0.146. The summed E-state index contributed by atoms with van der Waals surface area (Å²) in [5, 5.41) is 1.93. The van der Waals surface area contributed by atoms with Crippen LogP contribution in [-0.4, -0.2) is 11.3 Å². The molecule has 1 fully saturated rings. The number of Topliss-reactive ketones (excluding diaryl/α,β-unsaturated/α-hetero) is 1. The van der Waals surface area contributed by atoms with Crippen LogP contribution in [0, 0.1) is 0 Å². The van der Waals surface area contributed by atoms with E-state index < -0.39 is 5.54 Å². The van der Waals surface area contributed by atoms with Gasteiger partial charge in [-0.05, 0) is 24.3 Å². The summed E-state index contributed by atoms with van der Waals surface area (Å²) >= 11 is 1.49. The average Bonchev–Trinajstić information content (AvgIpc) is 2.70. The zero-order valence-electron chi connectivity index (χ0n) is 8.16. The number of hydrogen-bond acceptors (Lipinski definition) is 3. The molecule has 2 rings (SSSR count). The molecule has 1 heterocycles. The van der Waals surface area contributed by atoms with Crippen molar-refractivity contribution in [3.63, 3.8) is 0 Å². The molecular weight excluding hydrogens is 194 g/mol. The van der Waals surface area contributed by atoms with Gasteiger partial charge in [0, 0.05) is 0 Å². The first-order valence-corrected chi connectivity index (χ1v) is 5.97. The second kappa shape index (κ2) is 3.83. The lowest BCUT2D eigenvalue weighted by molar-refractivity contribution is 0.0852. The van der Waals surface area contributed by atoms with Gasteiger partial charge in [0.25, 0.3) is 0 Å². The van der Waals surface area contributed by atoms with Crippen LogP contribution in [0.1, 0.15) is 41.8 Å². The Labute approximate surface area is 88.1 Å². The largest absolute Gasteiger partial charge is 0.319 e. The van der Waals surface area contributed by atoms with Crippen molar-refractivity contribution in [2.75, 3.05) is 0 Å². The monoisotopic (exact) mass is 209 g/mol. The van der Waals surface area contributed by atoms with Gasteiger partial charge in [0.1, 0.15) is 0 Å². The van der Waals surface area contributed by atoms with E-state index in [1.165, 1.54) is 17.8 Å². The molecule has 0 amide bonds. The maximum absolute atomic E-state index is 12.1. The molecule has 2 nitrogen and oxygen atoms in total. The van der Waals surface area contributed by atoms with Gasteiger partial charge in [-0.1, -0.05) is 25.3 Å². The summed E-state index contributed by atoms with van der Waals surface area (Å²) < 4.78 is 0. The van der Waals surface area contributed by atoms with Gasteiger partial charge in [-0.2, -0.15) is 0 Å². The Morgan fingerprint density at radius 2 is 2.07 bits per heavy atom. The molecule has 1 saturated carbocycles. The third-order valence-electron chi connectivity index (χ3n) is 2.94. The number of carbonyl (C=O) groups excluding carboxylic acids is 1. The van der Waals surface area contributed by atoms with Crippen LogP contribution in [0.2, 0.25) is 0 Å². The van der Waals surface area contributed by atoms with Crippen LogP contribution in [0.15, 0.2) is 17.5 Å². The quantitative estimate of drug-likeness (QED) is 0.761. The van der Waals surface area contributed by atoms with Gasteiger partial charge in [-0.25, -0.2) is 0 Å². The van der Waals surface area contributed by atoms with Crippen LogP contribution >= 0.6 is 11.3 Å². The van der Waals surface area contributed by atoms with Crippen molar-refractivity contribution in [3.05, 3.63) is 22.4 Å². The fraction of sp³-hybridized carbons (Fsp3) is 0.545. The predicted octanol–water partition coefficient (Wildman–Crippen LogP) is 2.59. The Morgan fingerprint density at radius 3 is 2.64 bits per heavy atom.